The smallest absolute Gasteiger partial charge is 0.338 e. The molecule has 3 rings (SSSR count). The monoisotopic (exact) mass is 256 g/mol. The number of nitrogen functional groups attached to an aromatic ring is 1. The lowest BCUT2D eigenvalue weighted by molar-refractivity contribution is 0.0529. The van der Waals surface area contributed by atoms with Crippen molar-refractivity contribution >= 4 is 33.7 Å². The fourth-order valence-corrected chi connectivity index (χ4v) is 2.17. The molecule has 96 valence electrons. The van der Waals surface area contributed by atoms with Gasteiger partial charge in [0.25, 0.3) is 0 Å². The number of esters is 1. The first-order valence-electron chi connectivity index (χ1n) is 5.90. The van der Waals surface area contributed by atoms with Crippen LogP contribution in [0.1, 0.15) is 17.3 Å². The molecule has 1 aromatic carbocycles. The number of hydrogen-bond donors (Lipinski definition) is 2. The number of carbonyl (C=O) groups excluding carboxylic acids is 1. The predicted octanol–water partition coefficient (Wildman–Crippen LogP) is 1.87. The molecule has 0 amide bonds. The zero-order valence-electron chi connectivity index (χ0n) is 10.3. The van der Waals surface area contributed by atoms with Gasteiger partial charge in [-0.2, -0.15) is 0 Å². The van der Waals surface area contributed by atoms with Crippen LogP contribution in [-0.2, 0) is 4.74 Å². The van der Waals surface area contributed by atoms with Crippen molar-refractivity contribution in [2.24, 2.45) is 0 Å². The van der Waals surface area contributed by atoms with Crippen LogP contribution in [0.3, 0.4) is 0 Å². The van der Waals surface area contributed by atoms with Gasteiger partial charge in [0.2, 0.25) is 0 Å². The number of fused-ring (bicyclic) bond motifs is 3. The number of H-pyrrole nitrogens is 1. The van der Waals surface area contributed by atoms with Gasteiger partial charge in [-0.05, 0) is 19.1 Å². The minimum Gasteiger partial charge on any atom is -0.462 e. The Labute approximate surface area is 108 Å². The van der Waals surface area contributed by atoms with Crippen molar-refractivity contribution in [3.05, 3.63) is 30.1 Å². The zero-order chi connectivity index (χ0) is 13.4. The van der Waals surface area contributed by atoms with Crippen LogP contribution in [0.2, 0.25) is 0 Å². The molecule has 2 heterocycles. The van der Waals surface area contributed by atoms with Crippen LogP contribution in [0, 0.1) is 0 Å². The number of ether oxygens (including phenoxy) is 1. The molecule has 0 aliphatic heterocycles. The van der Waals surface area contributed by atoms with Gasteiger partial charge in [-0.3, -0.25) is 0 Å². The molecule has 0 fully saturated rings. The first kappa shape index (κ1) is 11.5. The van der Waals surface area contributed by atoms with Crippen LogP contribution in [-0.4, -0.2) is 27.5 Å². The Balaban J connectivity index is 2.40. The van der Waals surface area contributed by atoms with Crippen molar-refractivity contribution < 1.29 is 9.53 Å². The standard InChI is InChI=1S/C13H12N4O2/c1-2-19-13(18)7-4-3-5-8-9(7)10-11(14)15-6-16-12(10)17-8/h3-6H,2H2,1H3,(H3,14,15,16,17). The number of rotatable bonds is 2. The number of nitrogens with zero attached hydrogens (tertiary/aromatic N) is 2. The third-order valence-electron chi connectivity index (χ3n) is 2.94. The van der Waals surface area contributed by atoms with Crippen LogP contribution in [0.25, 0.3) is 21.9 Å². The Kier molecular flexibility index (Phi) is 2.56. The van der Waals surface area contributed by atoms with Crippen LogP contribution in [0.15, 0.2) is 24.5 Å². The number of aromatic nitrogens is 3. The molecule has 6 heteroatoms. The maximum Gasteiger partial charge on any atom is 0.338 e. The Morgan fingerprint density at radius 3 is 3.00 bits per heavy atom. The largest absolute Gasteiger partial charge is 0.462 e. The van der Waals surface area contributed by atoms with Gasteiger partial charge >= 0.3 is 5.97 Å². The molecule has 0 saturated heterocycles. The van der Waals surface area contributed by atoms with Gasteiger partial charge in [-0.1, -0.05) is 6.07 Å². The number of anilines is 1. The summed E-state index contributed by atoms with van der Waals surface area (Å²) in [7, 11) is 0. The van der Waals surface area contributed by atoms with Gasteiger partial charge in [0.15, 0.2) is 0 Å². The topological polar surface area (TPSA) is 93.9 Å². The summed E-state index contributed by atoms with van der Waals surface area (Å²) in [6, 6.07) is 5.35. The predicted molar refractivity (Wildman–Crippen MR) is 71.8 cm³/mol. The lowest BCUT2D eigenvalue weighted by atomic mass is 10.1. The van der Waals surface area contributed by atoms with Crippen LogP contribution < -0.4 is 5.73 Å². The van der Waals surface area contributed by atoms with Crippen LogP contribution in [0.4, 0.5) is 5.82 Å². The molecule has 0 aliphatic rings. The van der Waals surface area contributed by atoms with E-state index in [0.717, 1.165) is 5.52 Å². The number of carbonyl (C=O) groups is 1. The molecule has 3 aromatic rings. The minimum absolute atomic E-state index is 0.323. The van der Waals surface area contributed by atoms with E-state index < -0.39 is 0 Å². The molecular weight excluding hydrogens is 244 g/mol. The zero-order valence-corrected chi connectivity index (χ0v) is 10.3. The molecule has 0 atom stereocenters. The number of nitrogens with two attached hydrogens (primary N) is 1. The average Bonchev–Trinajstić information content (AvgIpc) is 2.78. The lowest BCUT2D eigenvalue weighted by Gasteiger charge is -2.04. The molecule has 3 N–H and O–H groups in total. The fraction of sp³-hybridized carbons (Fsp3) is 0.154. The Morgan fingerprint density at radius 2 is 2.21 bits per heavy atom. The van der Waals surface area contributed by atoms with E-state index in [0.29, 0.717) is 34.4 Å². The molecule has 6 nitrogen and oxygen atoms in total. The Hall–Kier alpha value is -2.63. The summed E-state index contributed by atoms with van der Waals surface area (Å²) in [6.07, 6.45) is 1.39. The number of aromatic amines is 1. The van der Waals surface area contributed by atoms with Gasteiger partial charge in [0.1, 0.15) is 17.8 Å². The summed E-state index contributed by atoms with van der Waals surface area (Å²) in [5.74, 6) is -0.0368. The normalized spacial score (nSPS) is 11.0. The summed E-state index contributed by atoms with van der Waals surface area (Å²) in [5.41, 5.74) is 7.75. The van der Waals surface area contributed by atoms with Crippen LogP contribution in [0.5, 0.6) is 0 Å². The molecule has 0 spiro atoms. The van der Waals surface area contributed by atoms with E-state index in [2.05, 4.69) is 15.0 Å². The van der Waals surface area contributed by atoms with E-state index in [-0.39, 0.29) is 5.97 Å². The van der Waals surface area contributed by atoms with E-state index in [1.807, 2.05) is 6.07 Å². The highest BCUT2D eigenvalue weighted by molar-refractivity contribution is 6.18. The van der Waals surface area contributed by atoms with Gasteiger partial charge in [0.05, 0.1) is 17.6 Å². The molecule has 0 bridgehead atoms. The second-order valence-corrected chi connectivity index (χ2v) is 4.06. The molecular formula is C13H12N4O2. The summed E-state index contributed by atoms with van der Waals surface area (Å²) in [5, 5.41) is 1.36. The van der Waals surface area contributed by atoms with Gasteiger partial charge in [-0.15, -0.1) is 0 Å². The van der Waals surface area contributed by atoms with Gasteiger partial charge in [0, 0.05) is 10.9 Å². The average molecular weight is 256 g/mol. The molecule has 0 radical (unpaired) electrons. The lowest BCUT2D eigenvalue weighted by Crippen LogP contribution is -2.05. The SMILES string of the molecule is CCOC(=O)c1cccc2[nH]c3ncnc(N)c3c12. The highest BCUT2D eigenvalue weighted by Gasteiger charge is 2.17. The minimum atomic E-state index is -0.378. The van der Waals surface area contributed by atoms with E-state index in [4.69, 9.17) is 10.5 Å². The second-order valence-electron chi connectivity index (χ2n) is 4.06. The maximum atomic E-state index is 12.0. The van der Waals surface area contributed by atoms with Crippen molar-refractivity contribution in [2.75, 3.05) is 12.3 Å². The number of benzene rings is 1. The van der Waals surface area contributed by atoms with E-state index in [1.165, 1.54) is 6.33 Å². The summed E-state index contributed by atoms with van der Waals surface area (Å²) in [6.45, 7) is 2.09. The third-order valence-corrected chi connectivity index (χ3v) is 2.94. The molecule has 2 aromatic heterocycles. The molecule has 0 aliphatic carbocycles. The maximum absolute atomic E-state index is 12.0. The van der Waals surface area contributed by atoms with Crippen molar-refractivity contribution in [1.29, 1.82) is 0 Å². The molecule has 0 unspecified atom stereocenters. The van der Waals surface area contributed by atoms with Crippen molar-refractivity contribution in [1.82, 2.24) is 15.0 Å². The highest BCUT2D eigenvalue weighted by atomic mass is 16.5. The number of hydrogen-bond acceptors (Lipinski definition) is 5. The van der Waals surface area contributed by atoms with E-state index in [9.17, 15) is 4.79 Å². The Bertz CT molecular complexity index is 779. The first-order chi connectivity index (χ1) is 9.22. The van der Waals surface area contributed by atoms with E-state index in [1.54, 1.807) is 19.1 Å². The summed E-state index contributed by atoms with van der Waals surface area (Å²) in [4.78, 5) is 23.2. The quantitative estimate of drug-likeness (QED) is 0.682. The summed E-state index contributed by atoms with van der Waals surface area (Å²) >= 11 is 0. The third kappa shape index (κ3) is 1.69. The first-order valence-corrected chi connectivity index (χ1v) is 5.90. The highest BCUT2D eigenvalue weighted by Crippen LogP contribution is 2.30. The molecule has 19 heavy (non-hydrogen) atoms. The second kappa shape index (κ2) is 4.24. The van der Waals surface area contributed by atoms with Crippen molar-refractivity contribution in [3.63, 3.8) is 0 Å². The van der Waals surface area contributed by atoms with E-state index >= 15 is 0 Å². The fourth-order valence-electron chi connectivity index (χ4n) is 2.17. The van der Waals surface area contributed by atoms with Crippen molar-refractivity contribution in [2.45, 2.75) is 6.92 Å². The molecule has 0 saturated carbocycles. The van der Waals surface area contributed by atoms with Gasteiger partial charge in [-0.25, -0.2) is 14.8 Å². The summed E-state index contributed by atoms with van der Waals surface area (Å²) < 4.78 is 5.06. The Morgan fingerprint density at radius 1 is 1.37 bits per heavy atom. The van der Waals surface area contributed by atoms with Gasteiger partial charge < -0.3 is 15.5 Å². The number of nitrogens with one attached hydrogen (secondary N) is 1. The van der Waals surface area contributed by atoms with Crippen molar-refractivity contribution in [3.8, 4) is 0 Å². The van der Waals surface area contributed by atoms with Crippen LogP contribution >= 0.6 is 0 Å².